The van der Waals surface area contributed by atoms with E-state index in [2.05, 4.69) is 17.2 Å². The largest absolute Gasteiger partial charge is 0.478 e. The minimum absolute atomic E-state index is 0.0783. The van der Waals surface area contributed by atoms with Gasteiger partial charge in [-0.2, -0.15) is 0 Å². The average Bonchev–Trinajstić information content (AvgIpc) is 2.29. The van der Waals surface area contributed by atoms with E-state index in [1.54, 1.807) is 12.1 Å². The number of halogens is 1. The highest BCUT2D eigenvalue weighted by atomic mass is 35.5. The molecule has 4 nitrogen and oxygen atoms in total. The van der Waals surface area contributed by atoms with Crippen molar-refractivity contribution in [2.45, 2.75) is 13.3 Å². The highest BCUT2D eigenvalue weighted by Crippen LogP contribution is 2.15. The number of amides is 1. The number of rotatable bonds is 3. The van der Waals surface area contributed by atoms with Crippen molar-refractivity contribution in [3.05, 3.63) is 34.3 Å². The summed E-state index contributed by atoms with van der Waals surface area (Å²) in [6.45, 7) is 1.87. The van der Waals surface area contributed by atoms with E-state index < -0.39 is 5.97 Å². The lowest BCUT2D eigenvalue weighted by Gasteiger charge is -1.99. The van der Waals surface area contributed by atoms with Crippen molar-refractivity contribution in [2.24, 2.45) is 0 Å². The highest BCUT2D eigenvalue weighted by molar-refractivity contribution is 6.31. The lowest BCUT2D eigenvalue weighted by Crippen LogP contribution is -2.20. The van der Waals surface area contributed by atoms with Crippen LogP contribution in [0.1, 0.15) is 29.3 Å². The lowest BCUT2D eigenvalue weighted by molar-refractivity contribution is -0.118. The predicted molar refractivity (Wildman–Crippen MR) is 68.6 cm³/mol. The maximum absolute atomic E-state index is 11.0. The summed E-state index contributed by atoms with van der Waals surface area (Å²) >= 11 is 5.72. The van der Waals surface area contributed by atoms with Crippen LogP contribution in [0.15, 0.2) is 18.2 Å². The fraction of sp³-hybridized carbons (Fsp3) is 0.231. The second-order valence-electron chi connectivity index (χ2n) is 3.53. The molecule has 18 heavy (non-hydrogen) atoms. The van der Waals surface area contributed by atoms with Gasteiger partial charge in [-0.05, 0) is 18.2 Å². The molecule has 0 unspecified atom stereocenters. The standard InChI is InChI=1S/C13H12ClNO3/c1-9(16)15-7-3-2-4-10-5-6-11(14)8-12(10)13(17)18/h5-6,8H,3,7H2,1H3,(H,15,16)(H,17,18). The SMILES string of the molecule is CC(=O)NCCC#Cc1ccc(Cl)cc1C(=O)O. The van der Waals surface area contributed by atoms with Crippen LogP contribution in [0.2, 0.25) is 5.02 Å². The Morgan fingerprint density at radius 3 is 2.78 bits per heavy atom. The Kier molecular flexibility index (Phi) is 5.22. The molecule has 1 aromatic carbocycles. The number of hydrogen-bond acceptors (Lipinski definition) is 2. The third-order valence-electron chi connectivity index (χ3n) is 2.06. The maximum Gasteiger partial charge on any atom is 0.337 e. The Morgan fingerprint density at radius 2 is 2.17 bits per heavy atom. The molecule has 0 saturated carbocycles. The molecule has 0 atom stereocenters. The Morgan fingerprint density at radius 1 is 1.44 bits per heavy atom. The second-order valence-corrected chi connectivity index (χ2v) is 3.97. The van der Waals surface area contributed by atoms with Crippen molar-refractivity contribution >= 4 is 23.5 Å². The van der Waals surface area contributed by atoms with Crippen molar-refractivity contribution in [3.63, 3.8) is 0 Å². The number of hydrogen-bond donors (Lipinski definition) is 2. The van der Waals surface area contributed by atoms with Gasteiger partial charge in [-0.25, -0.2) is 4.79 Å². The molecule has 0 aliphatic rings. The van der Waals surface area contributed by atoms with Crippen LogP contribution in [0.4, 0.5) is 0 Å². The van der Waals surface area contributed by atoms with E-state index in [4.69, 9.17) is 16.7 Å². The van der Waals surface area contributed by atoms with Crippen LogP contribution in [0.5, 0.6) is 0 Å². The van der Waals surface area contributed by atoms with Crippen LogP contribution in [0.3, 0.4) is 0 Å². The Hall–Kier alpha value is -1.99. The van der Waals surface area contributed by atoms with Crippen LogP contribution < -0.4 is 5.32 Å². The first kappa shape index (κ1) is 14.1. The molecule has 0 radical (unpaired) electrons. The summed E-state index contributed by atoms with van der Waals surface area (Å²) < 4.78 is 0. The van der Waals surface area contributed by atoms with Crippen molar-refractivity contribution < 1.29 is 14.7 Å². The molecule has 0 aliphatic heterocycles. The van der Waals surface area contributed by atoms with Gasteiger partial charge >= 0.3 is 5.97 Å². The zero-order valence-corrected chi connectivity index (χ0v) is 10.5. The first-order chi connectivity index (χ1) is 8.50. The Bertz CT molecular complexity index is 529. The molecule has 0 fully saturated rings. The quantitative estimate of drug-likeness (QED) is 0.648. The number of carbonyl (C=O) groups excluding carboxylic acids is 1. The highest BCUT2D eigenvalue weighted by Gasteiger charge is 2.08. The summed E-state index contributed by atoms with van der Waals surface area (Å²) in [6, 6.07) is 4.52. The Labute approximate surface area is 110 Å². The molecule has 0 heterocycles. The van der Waals surface area contributed by atoms with Gasteiger partial charge in [-0.15, -0.1) is 0 Å². The summed E-state index contributed by atoms with van der Waals surface area (Å²) in [7, 11) is 0. The molecular weight excluding hydrogens is 254 g/mol. The number of aromatic carboxylic acids is 1. The number of nitrogens with one attached hydrogen (secondary N) is 1. The first-order valence-electron chi connectivity index (χ1n) is 5.27. The lowest BCUT2D eigenvalue weighted by atomic mass is 10.1. The van der Waals surface area contributed by atoms with Crippen molar-refractivity contribution in [2.75, 3.05) is 6.54 Å². The number of carboxylic acid groups (broad SMARTS) is 1. The van der Waals surface area contributed by atoms with E-state index in [0.717, 1.165) is 0 Å². The smallest absolute Gasteiger partial charge is 0.337 e. The van der Waals surface area contributed by atoms with E-state index in [1.165, 1.54) is 13.0 Å². The van der Waals surface area contributed by atoms with Gasteiger partial charge < -0.3 is 10.4 Å². The van der Waals surface area contributed by atoms with Crippen molar-refractivity contribution in [1.82, 2.24) is 5.32 Å². The van der Waals surface area contributed by atoms with Crippen molar-refractivity contribution in [3.8, 4) is 11.8 Å². The van der Waals surface area contributed by atoms with Gasteiger partial charge in [-0.3, -0.25) is 4.79 Å². The molecule has 0 saturated heterocycles. The molecule has 1 aromatic rings. The summed E-state index contributed by atoms with van der Waals surface area (Å²) in [5, 5.41) is 11.9. The molecular formula is C13H12ClNO3. The minimum atomic E-state index is -1.07. The molecule has 1 amide bonds. The Balaban J connectivity index is 2.75. The minimum Gasteiger partial charge on any atom is -0.478 e. The topological polar surface area (TPSA) is 66.4 Å². The van der Waals surface area contributed by atoms with Gasteiger partial charge in [0.25, 0.3) is 0 Å². The second kappa shape index (κ2) is 6.67. The molecule has 2 N–H and O–H groups in total. The fourth-order valence-electron chi connectivity index (χ4n) is 1.26. The molecule has 0 aromatic heterocycles. The van der Waals surface area contributed by atoms with Gasteiger partial charge in [0.2, 0.25) is 5.91 Å². The van der Waals surface area contributed by atoms with E-state index in [-0.39, 0.29) is 11.5 Å². The van der Waals surface area contributed by atoms with E-state index in [1.807, 2.05) is 0 Å². The zero-order valence-electron chi connectivity index (χ0n) is 9.79. The van der Waals surface area contributed by atoms with Crippen LogP contribution in [-0.2, 0) is 4.79 Å². The fourth-order valence-corrected chi connectivity index (χ4v) is 1.43. The summed E-state index contributed by atoms with van der Waals surface area (Å²) in [4.78, 5) is 21.6. The van der Waals surface area contributed by atoms with E-state index >= 15 is 0 Å². The maximum atomic E-state index is 11.0. The number of benzene rings is 1. The van der Waals surface area contributed by atoms with Crippen LogP contribution in [0.25, 0.3) is 0 Å². The first-order valence-corrected chi connectivity index (χ1v) is 5.64. The average molecular weight is 266 g/mol. The normalized spacial score (nSPS) is 9.22. The van der Waals surface area contributed by atoms with Gasteiger partial charge in [-0.1, -0.05) is 23.4 Å². The molecule has 0 aliphatic carbocycles. The van der Waals surface area contributed by atoms with Gasteiger partial charge in [0.1, 0.15) is 0 Å². The molecule has 0 spiro atoms. The summed E-state index contributed by atoms with van der Waals surface area (Å²) in [5.41, 5.74) is 0.490. The van der Waals surface area contributed by atoms with Gasteiger partial charge in [0, 0.05) is 30.5 Å². The number of carbonyl (C=O) groups is 2. The third kappa shape index (κ3) is 4.48. The molecule has 1 rings (SSSR count). The molecule has 0 bridgehead atoms. The van der Waals surface area contributed by atoms with Crippen LogP contribution in [-0.4, -0.2) is 23.5 Å². The monoisotopic (exact) mass is 265 g/mol. The van der Waals surface area contributed by atoms with Gasteiger partial charge in [0.05, 0.1) is 5.56 Å². The summed E-state index contributed by atoms with van der Waals surface area (Å²) in [6.07, 6.45) is 0.460. The van der Waals surface area contributed by atoms with Crippen molar-refractivity contribution in [1.29, 1.82) is 0 Å². The molecule has 5 heteroatoms. The van der Waals surface area contributed by atoms with Crippen LogP contribution in [0, 0.1) is 11.8 Å². The number of carboxylic acids is 1. The van der Waals surface area contributed by atoms with Crippen LogP contribution >= 0.6 is 11.6 Å². The third-order valence-corrected chi connectivity index (χ3v) is 2.29. The van der Waals surface area contributed by atoms with E-state index in [9.17, 15) is 9.59 Å². The molecule has 94 valence electrons. The summed E-state index contributed by atoms with van der Waals surface area (Å²) in [5.74, 6) is 4.37. The van der Waals surface area contributed by atoms with Gasteiger partial charge in [0.15, 0.2) is 0 Å². The zero-order chi connectivity index (χ0) is 13.5. The van der Waals surface area contributed by atoms with E-state index in [0.29, 0.717) is 23.6 Å². The predicted octanol–water partition coefficient (Wildman–Crippen LogP) is 1.92.